The minimum atomic E-state index is -1.42. The summed E-state index contributed by atoms with van der Waals surface area (Å²) in [6, 6.07) is 9.50. The summed E-state index contributed by atoms with van der Waals surface area (Å²) in [6.45, 7) is 6.13. The first-order chi connectivity index (χ1) is 13.0. The minimum absolute atomic E-state index is 0.0803. The van der Waals surface area contributed by atoms with Crippen LogP contribution in [0.5, 0.6) is 0 Å². The van der Waals surface area contributed by atoms with E-state index in [4.69, 9.17) is 11.6 Å². The first kappa shape index (κ1) is 21.4. The highest BCUT2D eigenvalue weighted by Gasteiger charge is 2.22. The van der Waals surface area contributed by atoms with Crippen molar-refractivity contribution in [2.24, 2.45) is 0 Å². The number of nitro benzene ring substituents is 1. The smallest absolute Gasteiger partial charge is 0.269 e. The molecule has 2 aromatic carbocycles. The quantitative estimate of drug-likeness (QED) is 0.588. The van der Waals surface area contributed by atoms with Crippen LogP contribution in [0.2, 0.25) is 5.02 Å². The summed E-state index contributed by atoms with van der Waals surface area (Å²) in [7, 11) is 0. The van der Waals surface area contributed by atoms with Gasteiger partial charge in [0.1, 0.15) is 0 Å². The molecule has 8 heteroatoms. The first-order valence-corrected chi connectivity index (χ1v) is 8.92. The fourth-order valence-electron chi connectivity index (χ4n) is 2.68. The zero-order valence-electron chi connectivity index (χ0n) is 15.7. The van der Waals surface area contributed by atoms with Crippen LogP contribution < -0.4 is 10.4 Å². The van der Waals surface area contributed by atoms with Crippen molar-refractivity contribution < 1.29 is 19.6 Å². The second-order valence-electron chi connectivity index (χ2n) is 7.39. The number of nitrogens with zero attached hydrogens (tertiary/aromatic N) is 1. The predicted molar refractivity (Wildman–Crippen MR) is 103 cm³/mol. The summed E-state index contributed by atoms with van der Waals surface area (Å²) in [6.07, 6.45) is -0.577. The number of benzene rings is 2. The van der Waals surface area contributed by atoms with Gasteiger partial charge in [0.05, 0.1) is 11.0 Å². The van der Waals surface area contributed by atoms with Crippen LogP contribution in [-0.2, 0) is 10.2 Å². The number of carbonyl (C=O) groups is 2. The lowest BCUT2D eigenvalue weighted by atomic mass is 9.86. The molecule has 0 aliphatic heterocycles. The molecule has 0 fully saturated rings. The molecule has 2 rings (SSSR count). The summed E-state index contributed by atoms with van der Waals surface area (Å²) in [5.74, 6) is -1.94. The molecule has 1 amide bonds. The second-order valence-corrected chi connectivity index (χ2v) is 7.80. The molecule has 0 radical (unpaired) electrons. The van der Waals surface area contributed by atoms with Gasteiger partial charge >= 0.3 is 0 Å². The van der Waals surface area contributed by atoms with Crippen molar-refractivity contribution in [3.05, 3.63) is 74.3 Å². The maximum Gasteiger partial charge on any atom is 0.269 e. The monoisotopic (exact) mass is 403 g/mol. The molecule has 0 aliphatic rings. The summed E-state index contributed by atoms with van der Waals surface area (Å²) < 4.78 is 0. The van der Waals surface area contributed by atoms with Crippen molar-refractivity contribution in [3.63, 3.8) is 0 Å². The van der Waals surface area contributed by atoms with Crippen LogP contribution in [0.1, 0.15) is 54.7 Å². The number of rotatable bonds is 6. The van der Waals surface area contributed by atoms with Crippen molar-refractivity contribution in [1.82, 2.24) is 5.32 Å². The number of hydrogen-bond donors (Lipinski definition) is 1. The zero-order valence-corrected chi connectivity index (χ0v) is 16.4. The average molecular weight is 404 g/mol. The van der Waals surface area contributed by atoms with E-state index in [9.17, 15) is 24.8 Å². The van der Waals surface area contributed by atoms with E-state index in [1.54, 1.807) is 12.1 Å². The molecule has 0 bridgehead atoms. The number of carbonyl (C=O) groups excluding carboxylic acids is 2. The number of nitrogens with one attached hydrogen (secondary N) is 1. The van der Waals surface area contributed by atoms with Crippen LogP contribution in [0.25, 0.3) is 0 Å². The van der Waals surface area contributed by atoms with E-state index in [-0.39, 0.29) is 21.7 Å². The lowest BCUT2D eigenvalue weighted by Crippen LogP contribution is -2.34. The molecular weight excluding hydrogens is 384 g/mol. The van der Waals surface area contributed by atoms with E-state index in [0.29, 0.717) is 5.56 Å². The Balaban J connectivity index is 2.32. The maximum absolute atomic E-state index is 12.6. The molecule has 2 aromatic rings. The number of carboxylic acid groups (broad SMARTS) is 1. The van der Waals surface area contributed by atoms with E-state index in [1.165, 1.54) is 12.1 Å². The lowest BCUT2D eigenvalue weighted by molar-refractivity contribution is -0.385. The van der Waals surface area contributed by atoms with Gasteiger partial charge in [-0.25, -0.2) is 0 Å². The van der Waals surface area contributed by atoms with E-state index in [0.717, 1.165) is 11.6 Å². The third-order valence-corrected chi connectivity index (χ3v) is 4.60. The fraction of sp³-hybridized carbons (Fsp3) is 0.300. The lowest BCUT2D eigenvalue weighted by Gasteiger charge is -2.22. The van der Waals surface area contributed by atoms with Gasteiger partial charge in [-0.05, 0) is 29.2 Å². The molecule has 7 nitrogen and oxygen atoms in total. The first-order valence-electron chi connectivity index (χ1n) is 8.54. The molecule has 0 saturated heterocycles. The molecule has 28 heavy (non-hydrogen) atoms. The highest BCUT2D eigenvalue weighted by atomic mass is 35.5. The zero-order chi connectivity index (χ0) is 21.1. The number of amides is 1. The predicted octanol–water partition coefficient (Wildman–Crippen LogP) is 3.16. The van der Waals surface area contributed by atoms with Gasteiger partial charge < -0.3 is 15.2 Å². The summed E-state index contributed by atoms with van der Waals surface area (Å²) in [4.78, 5) is 34.1. The van der Waals surface area contributed by atoms with E-state index in [1.807, 2.05) is 32.9 Å². The Labute approximate surface area is 167 Å². The third-order valence-electron chi connectivity index (χ3n) is 4.26. The average Bonchev–Trinajstić information content (AvgIpc) is 2.60. The Bertz CT molecular complexity index is 904. The Morgan fingerprint density at radius 2 is 1.75 bits per heavy atom. The van der Waals surface area contributed by atoms with Gasteiger partial charge in [0.2, 0.25) is 0 Å². The molecule has 0 aromatic heterocycles. The molecule has 148 valence electrons. The van der Waals surface area contributed by atoms with Crippen molar-refractivity contribution in [2.45, 2.75) is 38.6 Å². The third kappa shape index (κ3) is 5.29. The second kappa shape index (κ2) is 8.39. The standard InChI is InChI=1S/C20H21ClN2O5/c1-20(2,3)13-6-4-12(5-7-13)19(26)22-17(11-18(24)25)15-10-14(23(27)28)8-9-16(15)21/h4-10,17H,11H2,1-3H3,(H,22,26)(H,24,25)/p-1/t17-/m0/s1. The van der Waals surface area contributed by atoms with Crippen LogP contribution >= 0.6 is 11.6 Å². The van der Waals surface area contributed by atoms with Gasteiger partial charge in [-0.3, -0.25) is 14.9 Å². The van der Waals surface area contributed by atoms with Crippen LogP contribution in [0.4, 0.5) is 5.69 Å². The van der Waals surface area contributed by atoms with Crippen LogP contribution in [-0.4, -0.2) is 16.8 Å². The number of non-ortho nitro benzene ring substituents is 1. The Kier molecular flexibility index (Phi) is 6.41. The fourth-order valence-corrected chi connectivity index (χ4v) is 2.93. The summed E-state index contributed by atoms with van der Waals surface area (Å²) in [5, 5.41) is 24.8. The molecule has 0 saturated carbocycles. The molecular formula is C20H20ClN2O5-. The highest BCUT2D eigenvalue weighted by molar-refractivity contribution is 6.31. The SMILES string of the molecule is CC(C)(C)c1ccc(C(=O)N[C@@H](CC(=O)[O-])c2cc([N+](=O)[O-])ccc2Cl)cc1. The number of nitro groups is 1. The normalized spacial score (nSPS) is 12.3. The van der Waals surface area contributed by atoms with E-state index < -0.39 is 29.3 Å². The summed E-state index contributed by atoms with van der Waals surface area (Å²) >= 11 is 6.09. The number of carboxylic acids is 1. The van der Waals surface area contributed by atoms with Gasteiger partial charge in [0.15, 0.2) is 0 Å². The van der Waals surface area contributed by atoms with Crippen molar-refractivity contribution in [3.8, 4) is 0 Å². The highest BCUT2D eigenvalue weighted by Crippen LogP contribution is 2.29. The van der Waals surface area contributed by atoms with Gasteiger partial charge in [0.25, 0.3) is 11.6 Å². The van der Waals surface area contributed by atoms with Gasteiger partial charge in [-0.15, -0.1) is 0 Å². The Morgan fingerprint density at radius 1 is 1.14 bits per heavy atom. The number of aliphatic carboxylic acids is 1. The van der Waals surface area contributed by atoms with Gasteiger partial charge in [-0.2, -0.15) is 0 Å². The molecule has 0 spiro atoms. The largest absolute Gasteiger partial charge is 0.550 e. The van der Waals surface area contributed by atoms with Crippen molar-refractivity contribution >= 4 is 29.2 Å². The Hall–Kier alpha value is -2.93. The van der Waals surface area contributed by atoms with Crippen LogP contribution in [0, 0.1) is 10.1 Å². The van der Waals surface area contributed by atoms with Gasteiger partial charge in [0, 0.05) is 40.7 Å². The summed E-state index contributed by atoms with van der Waals surface area (Å²) in [5.41, 5.74) is 1.17. The van der Waals surface area contributed by atoms with Crippen molar-refractivity contribution in [2.75, 3.05) is 0 Å². The van der Waals surface area contributed by atoms with Crippen LogP contribution in [0.15, 0.2) is 42.5 Å². The van der Waals surface area contributed by atoms with E-state index in [2.05, 4.69) is 5.32 Å². The minimum Gasteiger partial charge on any atom is -0.550 e. The molecule has 0 unspecified atom stereocenters. The van der Waals surface area contributed by atoms with Gasteiger partial charge in [-0.1, -0.05) is 44.5 Å². The van der Waals surface area contributed by atoms with Crippen molar-refractivity contribution in [1.29, 1.82) is 0 Å². The number of halogens is 1. The number of hydrogen-bond acceptors (Lipinski definition) is 5. The van der Waals surface area contributed by atoms with E-state index >= 15 is 0 Å². The topological polar surface area (TPSA) is 112 Å². The Morgan fingerprint density at radius 3 is 2.25 bits per heavy atom. The molecule has 1 N–H and O–H groups in total. The maximum atomic E-state index is 12.6. The molecule has 0 aliphatic carbocycles. The van der Waals surface area contributed by atoms with Crippen LogP contribution in [0.3, 0.4) is 0 Å². The molecule has 0 heterocycles. The molecule has 1 atom stereocenters.